The van der Waals surface area contributed by atoms with Crippen LogP contribution in [0.4, 0.5) is 0 Å². The zero-order chi connectivity index (χ0) is 14.3. The molecule has 1 fully saturated rings. The van der Waals surface area contributed by atoms with Gasteiger partial charge >= 0.3 is 5.97 Å². The number of benzene rings is 1. The fourth-order valence-electron chi connectivity index (χ4n) is 3.25. The van der Waals surface area contributed by atoms with E-state index in [2.05, 4.69) is 0 Å². The monoisotopic (exact) mass is 275 g/mol. The summed E-state index contributed by atoms with van der Waals surface area (Å²) in [6.45, 7) is 0.321. The molecule has 1 heterocycles. The summed E-state index contributed by atoms with van der Waals surface area (Å²) in [6, 6.07) is 7.40. The Balaban J connectivity index is 1.87. The summed E-state index contributed by atoms with van der Waals surface area (Å²) in [5.74, 6) is -0.879. The van der Waals surface area contributed by atoms with Crippen LogP contribution < -0.4 is 0 Å². The maximum atomic E-state index is 12.2. The first kappa shape index (κ1) is 13.1. The summed E-state index contributed by atoms with van der Waals surface area (Å²) in [5.41, 5.74) is 2.05. The van der Waals surface area contributed by atoms with Gasteiger partial charge in [-0.1, -0.05) is 24.3 Å². The minimum absolute atomic E-state index is 0.0962. The third-order valence-corrected chi connectivity index (χ3v) is 4.20. The van der Waals surface area contributed by atoms with E-state index in [1.54, 1.807) is 4.90 Å². The zero-order valence-electron chi connectivity index (χ0n) is 11.3. The Hall–Kier alpha value is -1.88. The Morgan fingerprint density at radius 1 is 1.35 bits per heavy atom. The first-order valence-corrected chi connectivity index (χ1v) is 6.75. The fraction of sp³-hybridized carbons (Fsp3) is 0.467. The van der Waals surface area contributed by atoms with Crippen LogP contribution in [0.3, 0.4) is 0 Å². The highest BCUT2D eigenvalue weighted by molar-refractivity contribution is 5.87. The van der Waals surface area contributed by atoms with Crippen molar-refractivity contribution < 1.29 is 19.4 Å². The number of hydrogen-bond acceptors (Lipinski definition) is 4. The molecule has 0 spiro atoms. The second-order valence-corrected chi connectivity index (χ2v) is 5.39. The summed E-state index contributed by atoms with van der Waals surface area (Å²) in [7, 11) is 1.33. The van der Waals surface area contributed by atoms with Crippen molar-refractivity contribution in [1.82, 2.24) is 4.90 Å². The number of carbonyl (C=O) groups excluding carboxylic acids is 2. The van der Waals surface area contributed by atoms with E-state index in [-0.39, 0.29) is 24.3 Å². The summed E-state index contributed by atoms with van der Waals surface area (Å²) in [4.78, 5) is 25.4. The summed E-state index contributed by atoms with van der Waals surface area (Å²) in [6.07, 6.45) is 0.110. The highest BCUT2D eigenvalue weighted by Gasteiger charge is 2.44. The van der Waals surface area contributed by atoms with Crippen LogP contribution in [0.15, 0.2) is 24.3 Å². The van der Waals surface area contributed by atoms with E-state index in [1.165, 1.54) is 7.11 Å². The van der Waals surface area contributed by atoms with Crippen molar-refractivity contribution in [2.75, 3.05) is 13.7 Å². The van der Waals surface area contributed by atoms with E-state index in [1.807, 2.05) is 24.3 Å². The standard InChI is InChI=1S/C15H17NO4/c1-20-15(19)10-7-13(18)16(8-10)14-11-5-3-2-4-9(11)6-12(14)17/h2-5,10,12,14,17H,6-8H2,1H3/t10?,12-,14+/m0/s1. The molecule has 2 aliphatic rings. The van der Waals surface area contributed by atoms with Crippen molar-refractivity contribution in [3.63, 3.8) is 0 Å². The van der Waals surface area contributed by atoms with Gasteiger partial charge in [-0.15, -0.1) is 0 Å². The summed E-state index contributed by atoms with van der Waals surface area (Å²) < 4.78 is 4.71. The Morgan fingerprint density at radius 3 is 2.85 bits per heavy atom. The van der Waals surface area contributed by atoms with Crippen molar-refractivity contribution in [3.05, 3.63) is 35.4 Å². The molecule has 20 heavy (non-hydrogen) atoms. The fourth-order valence-corrected chi connectivity index (χ4v) is 3.25. The first-order valence-electron chi connectivity index (χ1n) is 6.75. The number of nitrogens with zero attached hydrogens (tertiary/aromatic N) is 1. The molecule has 3 rings (SSSR count). The zero-order valence-corrected chi connectivity index (χ0v) is 11.3. The molecular formula is C15H17NO4. The number of carbonyl (C=O) groups is 2. The van der Waals surface area contributed by atoms with Gasteiger partial charge in [0.15, 0.2) is 0 Å². The third-order valence-electron chi connectivity index (χ3n) is 4.20. The highest BCUT2D eigenvalue weighted by atomic mass is 16.5. The van der Waals surface area contributed by atoms with Crippen molar-refractivity contribution in [1.29, 1.82) is 0 Å². The van der Waals surface area contributed by atoms with Crippen molar-refractivity contribution in [2.24, 2.45) is 5.92 Å². The topological polar surface area (TPSA) is 66.8 Å². The first-order chi connectivity index (χ1) is 9.61. The maximum Gasteiger partial charge on any atom is 0.310 e. The van der Waals surface area contributed by atoms with Gasteiger partial charge in [0.1, 0.15) is 0 Å². The van der Waals surface area contributed by atoms with E-state index < -0.39 is 12.0 Å². The van der Waals surface area contributed by atoms with E-state index in [9.17, 15) is 14.7 Å². The molecule has 1 aromatic carbocycles. The van der Waals surface area contributed by atoms with Gasteiger partial charge in [0.25, 0.3) is 0 Å². The summed E-state index contributed by atoms with van der Waals surface area (Å²) in [5, 5.41) is 10.3. The quantitative estimate of drug-likeness (QED) is 0.805. The van der Waals surface area contributed by atoms with Crippen LogP contribution in [0.25, 0.3) is 0 Å². The Bertz CT molecular complexity index is 557. The molecule has 1 aliphatic heterocycles. The van der Waals surface area contributed by atoms with Gasteiger partial charge in [-0.3, -0.25) is 9.59 Å². The normalized spacial score (nSPS) is 28.6. The molecular weight excluding hydrogens is 258 g/mol. The van der Waals surface area contributed by atoms with Crippen molar-refractivity contribution >= 4 is 11.9 Å². The Kier molecular flexibility index (Phi) is 3.22. The smallest absolute Gasteiger partial charge is 0.310 e. The molecule has 5 nitrogen and oxygen atoms in total. The number of fused-ring (bicyclic) bond motifs is 1. The van der Waals surface area contributed by atoms with Crippen LogP contribution in [0.1, 0.15) is 23.6 Å². The number of amides is 1. The van der Waals surface area contributed by atoms with E-state index in [4.69, 9.17) is 4.74 Å². The average molecular weight is 275 g/mol. The van der Waals surface area contributed by atoms with Crippen LogP contribution in [-0.4, -0.2) is 41.6 Å². The van der Waals surface area contributed by atoms with Gasteiger partial charge in [-0.05, 0) is 11.1 Å². The number of hydrogen-bond donors (Lipinski definition) is 1. The average Bonchev–Trinajstić information content (AvgIpc) is 2.97. The van der Waals surface area contributed by atoms with Crippen LogP contribution in [0, 0.1) is 5.92 Å². The lowest BCUT2D eigenvalue weighted by Crippen LogP contribution is -2.36. The van der Waals surface area contributed by atoms with Crippen LogP contribution in [0.5, 0.6) is 0 Å². The SMILES string of the molecule is COC(=O)C1CC(=O)N([C@@H]2c3ccccc3C[C@@H]2O)C1. The predicted octanol–water partition coefficient (Wildman–Crippen LogP) is 0.666. The minimum atomic E-state index is -0.604. The number of methoxy groups -OCH3 is 1. The van der Waals surface area contributed by atoms with E-state index >= 15 is 0 Å². The number of esters is 1. The minimum Gasteiger partial charge on any atom is -0.469 e. The molecule has 106 valence electrons. The Labute approximate surface area is 117 Å². The summed E-state index contributed by atoms with van der Waals surface area (Å²) >= 11 is 0. The number of rotatable bonds is 2. The van der Waals surface area contributed by atoms with Crippen LogP contribution in [0.2, 0.25) is 0 Å². The second kappa shape index (κ2) is 4.90. The van der Waals surface area contributed by atoms with E-state index in [0.29, 0.717) is 13.0 Å². The number of likely N-dealkylation sites (tertiary alicyclic amines) is 1. The molecule has 0 bridgehead atoms. The van der Waals surface area contributed by atoms with Gasteiger partial charge in [-0.2, -0.15) is 0 Å². The molecule has 1 unspecified atom stereocenters. The van der Waals surface area contributed by atoms with Crippen LogP contribution in [-0.2, 0) is 20.7 Å². The van der Waals surface area contributed by atoms with Crippen molar-refractivity contribution in [2.45, 2.75) is 25.0 Å². The van der Waals surface area contributed by atoms with Crippen molar-refractivity contribution in [3.8, 4) is 0 Å². The molecule has 1 N–H and O–H groups in total. The number of aliphatic hydroxyl groups excluding tert-OH is 1. The molecule has 0 saturated carbocycles. The van der Waals surface area contributed by atoms with E-state index in [0.717, 1.165) is 11.1 Å². The van der Waals surface area contributed by atoms with Gasteiger partial charge in [0, 0.05) is 19.4 Å². The Morgan fingerprint density at radius 2 is 2.10 bits per heavy atom. The highest BCUT2D eigenvalue weighted by Crippen LogP contribution is 2.39. The third kappa shape index (κ3) is 1.98. The number of aliphatic hydroxyl groups is 1. The molecule has 1 saturated heterocycles. The second-order valence-electron chi connectivity index (χ2n) is 5.39. The van der Waals surface area contributed by atoms with Gasteiger partial charge in [-0.25, -0.2) is 0 Å². The molecule has 3 atom stereocenters. The molecule has 5 heteroatoms. The van der Waals surface area contributed by atoms with Gasteiger partial charge in [0.2, 0.25) is 5.91 Å². The lowest BCUT2D eigenvalue weighted by molar-refractivity contribution is -0.145. The lowest BCUT2D eigenvalue weighted by atomic mass is 10.1. The molecule has 1 aliphatic carbocycles. The largest absolute Gasteiger partial charge is 0.469 e. The maximum absolute atomic E-state index is 12.2. The molecule has 1 amide bonds. The lowest BCUT2D eigenvalue weighted by Gasteiger charge is -2.28. The number of ether oxygens (including phenoxy) is 1. The molecule has 1 aromatic rings. The molecule has 0 aromatic heterocycles. The van der Waals surface area contributed by atoms with Crippen LogP contribution >= 0.6 is 0 Å². The van der Waals surface area contributed by atoms with Gasteiger partial charge < -0.3 is 14.7 Å². The van der Waals surface area contributed by atoms with Gasteiger partial charge in [0.05, 0.1) is 25.2 Å². The predicted molar refractivity (Wildman–Crippen MR) is 70.7 cm³/mol. The molecule has 0 radical (unpaired) electrons.